The molecule has 0 spiro atoms. The van der Waals surface area contributed by atoms with E-state index in [1.165, 1.54) is 18.2 Å². The zero-order valence-corrected chi connectivity index (χ0v) is 13.2. The minimum atomic E-state index is -4.76. The number of carbonyl (C=O) groups excluding carboxylic acids is 1. The van der Waals surface area contributed by atoms with Crippen LogP contribution in [-0.2, 0) is 4.74 Å². The van der Waals surface area contributed by atoms with Crippen molar-refractivity contribution in [2.45, 2.75) is 13.3 Å². The number of aromatic amines is 1. The smallest absolute Gasteiger partial charge is 0.461 e. The highest BCUT2D eigenvalue weighted by molar-refractivity contribution is 6.00. The van der Waals surface area contributed by atoms with E-state index < -0.39 is 12.3 Å². The third kappa shape index (κ3) is 3.76. The molecule has 3 aromatic rings. The van der Waals surface area contributed by atoms with E-state index >= 15 is 0 Å². The lowest BCUT2D eigenvalue weighted by Gasteiger charge is -2.10. The SMILES string of the molecule is CCOC(=O)c1cc2cccc(-c3cccc(OC(F)(F)F)c3)c2[nH]1. The Kier molecular flexibility index (Phi) is 4.39. The molecule has 0 aliphatic heterocycles. The quantitative estimate of drug-likeness (QED) is 0.681. The Hall–Kier alpha value is -2.96. The van der Waals surface area contributed by atoms with Gasteiger partial charge in [0, 0.05) is 10.9 Å². The number of benzene rings is 2. The van der Waals surface area contributed by atoms with Gasteiger partial charge in [-0.1, -0.05) is 30.3 Å². The highest BCUT2D eigenvalue weighted by Crippen LogP contribution is 2.32. The molecule has 4 nitrogen and oxygen atoms in total. The van der Waals surface area contributed by atoms with Crippen molar-refractivity contribution in [3.8, 4) is 16.9 Å². The molecular formula is C18H14F3NO3. The van der Waals surface area contributed by atoms with Gasteiger partial charge >= 0.3 is 12.3 Å². The molecule has 0 atom stereocenters. The second kappa shape index (κ2) is 6.51. The molecule has 0 aliphatic rings. The number of para-hydroxylation sites is 1. The van der Waals surface area contributed by atoms with Crippen molar-refractivity contribution in [2.24, 2.45) is 0 Å². The molecule has 1 N–H and O–H groups in total. The summed E-state index contributed by atoms with van der Waals surface area (Å²) in [6.07, 6.45) is -4.76. The molecular weight excluding hydrogens is 335 g/mol. The number of fused-ring (bicyclic) bond motifs is 1. The zero-order valence-electron chi connectivity index (χ0n) is 13.2. The van der Waals surface area contributed by atoms with Crippen LogP contribution >= 0.6 is 0 Å². The average Bonchev–Trinajstić information content (AvgIpc) is 2.98. The molecule has 0 radical (unpaired) electrons. The number of esters is 1. The molecule has 25 heavy (non-hydrogen) atoms. The minimum absolute atomic E-state index is 0.248. The first kappa shape index (κ1) is 16.9. The molecule has 0 amide bonds. The van der Waals surface area contributed by atoms with E-state index in [0.717, 1.165) is 5.39 Å². The molecule has 0 saturated carbocycles. The summed E-state index contributed by atoms with van der Waals surface area (Å²) < 4.78 is 46.2. The highest BCUT2D eigenvalue weighted by atomic mass is 19.4. The Bertz CT molecular complexity index is 915. The summed E-state index contributed by atoms with van der Waals surface area (Å²) in [4.78, 5) is 14.9. The number of aromatic nitrogens is 1. The van der Waals surface area contributed by atoms with Gasteiger partial charge in [-0.25, -0.2) is 4.79 Å². The summed E-state index contributed by atoms with van der Waals surface area (Å²) in [5.74, 6) is -0.794. The summed E-state index contributed by atoms with van der Waals surface area (Å²) >= 11 is 0. The first-order valence-electron chi connectivity index (χ1n) is 7.52. The summed E-state index contributed by atoms with van der Waals surface area (Å²) in [6.45, 7) is 1.95. The van der Waals surface area contributed by atoms with Crippen molar-refractivity contribution >= 4 is 16.9 Å². The van der Waals surface area contributed by atoms with Crippen LogP contribution in [0.5, 0.6) is 5.75 Å². The number of halogens is 3. The molecule has 2 aromatic carbocycles. The molecule has 7 heteroatoms. The average molecular weight is 349 g/mol. The van der Waals surface area contributed by atoms with Crippen LogP contribution in [0.3, 0.4) is 0 Å². The lowest BCUT2D eigenvalue weighted by molar-refractivity contribution is -0.274. The first-order valence-corrected chi connectivity index (χ1v) is 7.52. The molecule has 0 unspecified atom stereocenters. The molecule has 0 bridgehead atoms. The van der Waals surface area contributed by atoms with Crippen molar-refractivity contribution < 1.29 is 27.4 Å². The third-order valence-corrected chi connectivity index (χ3v) is 3.53. The second-order valence-corrected chi connectivity index (χ2v) is 5.25. The predicted octanol–water partition coefficient (Wildman–Crippen LogP) is 4.91. The normalized spacial score (nSPS) is 11.5. The largest absolute Gasteiger partial charge is 0.573 e. The number of hydrogen-bond acceptors (Lipinski definition) is 3. The Morgan fingerprint density at radius 3 is 2.60 bits per heavy atom. The number of ether oxygens (including phenoxy) is 2. The maximum atomic E-state index is 12.4. The van der Waals surface area contributed by atoms with Gasteiger partial charge in [-0.3, -0.25) is 0 Å². The second-order valence-electron chi connectivity index (χ2n) is 5.25. The number of H-pyrrole nitrogens is 1. The van der Waals surface area contributed by atoms with E-state index in [9.17, 15) is 18.0 Å². The van der Waals surface area contributed by atoms with Crippen LogP contribution < -0.4 is 4.74 Å². The predicted molar refractivity (Wildman–Crippen MR) is 86.4 cm³/mol. The van der Waals surface area contributed by atoms with Gasteiger partial charge in [-0.15, -0.1) is 13.2 Å². The van der Waals surface area contributed by atoms with Crippen molar-refractivity contribution in [3.63, 3.8) is 0 Å². The van der Waals surface area contributed by atoms with Gasteiger partial charge in [0.1, 0.15) is 11.4 Å². The van der Waals surface area contributed by atoms with E-state index in [-0.39, 0.29) is 18.1 Å². The van der Waals surface area contributed by atoms with Crippen LogP contribution in [0.15, 0.2) is 48.5 Å². The van der Waals surface area contributed by atoms with Crippen LogP contribution in [0, 0.1) is 0 Å². The number of nitrogens with one attached hydrogen (secondary N) is 1. The first-order chi connectivity index (χ1) is 11.9. The third-order valence-electron chi connectivity index (χ3n) is 3.53. The molecule has 130 valence electrons. The van der Waals surface area contributed by atoms with Gasteiger partial charge in [0.2, 0.25) is 0 Å². The number of hydrogen-bond donors (Lipinski definition) is 1. The number of alkyl halides is 3. The van der Waals surface area contributed by atoms with E-state index in [2.05, 4.69) is 9.72 Å². The molecule has 3 rings (SSSR count). The molecule has 0 saturated heterocycles. The summed E-state index contributed by atoms with van der Waals surface area (Å²) in [7, 11) is 0. The Morgan fingerprint density at radius 2 is 1.88 bits per heavy atom. The van der Waals surface area contributed by atoms with Gasteiger partial charge in [0.05, 0.1) is 12.1 Å². The van der Waals surface area contributed by atoms with Crippen molar-refractivity contribution in [1.82, 2.24) is 4.98 Å². The summed E-state index contributed by atoms with van der Waals surface area (Å²) in [6, 6.07) is 12.6. The molecule has 0 fully saturated rings. The van der Waals surface area contributed by atoms with E-state index in [1.54, 1.807) is 37.3 Å². The van der Waals surface area contributed by atoms with Gasteiger partial charge in [-0.05, 0) is 30.7 Å². The fraction of sp³-hybridized carbons (Fsp3) is 0.167. The van der Waals surface area contributed by atoms with E-state index in [1.807, 2.05) is 0 Å². The van der Waals surface area contributed by atoms with Crippen LogP contribution in [-0.4, -0.2) is 23.9 Å². The van der Waals surface area contributed by atoms with Gasteiger partial charge in [-0.2, -0.15) is 0 Å². The highest BCUT2D eigenvalue weighted by Gasteiger charge is 2.31. The summed E-state index contributed by atoms with van der Waals surface area (Å²) in [5.41, 5.74) is 2.10. The van der Waals surface area contributed by atoms with Crippen LogP contribution in [0.25, 0.3) is 22.0 Å². The number of rotatable bonds is 4. The van der Waals surface area contributed by atoms with Crippen LogP contribution in [0.2, 0.25) is 0 Å². The maximum Gasteiger partial charge on any atom is 0.573 e. The van der Waals surface area contributed by atoms with Crippen LogP contribution in [0.1, 0.15) is 17.4 Å². The monoisotopic (exact) mass is 349 g/mol. The van der Waals surface area contributed by atoms with Crippen LogP contribution in [0.4, 0.5) is 13.2 Å². The van der Waals surface area contributed by atoms with Gasteiger partial charge < -0.3 is 14.5 Å². The van der Waals surface area contributed by atoms with Crippen molar-refractivity contribution in [2.75, 3.05) is 6.61 Å². The van der Waals surface area contributed by atoms with Crippen molar-refractivity contribution in [1.29, 1.82) is 0 Å². The minimum Gasteiger partial charge on any atom is -0.461 e. The number of carbonyl (C=O) groups is 1. The zero-order chi connectivity index (χ0) is 18.0. The van der Waals surface area contributed by atoms with E-state index in [4.69, 9.17) is 4.74 Å². The Labute approximate surface area is 141 Å². The molecule has 0 aliphatic carbocycles. The maximum absolute atomic E-state index is 12.4. The topological polar surface area (TPSA) is 51.3 Å². The van der Waals surface area contributed by atoms with E-state index in [0.29, 0.717) is 16.6 Å². The lowest BCUT2D eigenvalue weighted by Crippen LogP contribution is -2.17. The standard InChI is InChI=1S/C18H14F3NO3/c1-2-24-17(23)15-10-12-6-4-8-14(16(12)22-15)11-5-3-7-13(9-11)25-18(19,20)21/h3-10,22H,2H2,1H3. The fourth-order valence-corrected chi connectivity index (χ4v) is 2.58. The van der Waals surface area contributed by atoms with Gasteiger partial charge in [0.15, 0.2) is 0 Å². The Morgan fingerprint density at radius 1 is 1.12 bits per heavy atom. The van der Waals surface area contributed by atoms with Crippen molar-refractivity contribution in [3.05, 3.63) is 54.2 Å². The molecule has 1 heterocycles. The fourth-order valence-electron chi connectivity index (χ4n) is 2.58. The Balaban J connectivity index is 2.04. The lowest BCUT2D eigenvalue weighted by atomic mass is 10.0. The molecule has 1 aromatic heterocycles. The summed E-state index contributed by atoms with van der Waals surface area (Å²) in [5, 5.41) is 0.752. The van der Waals surface area contributed by atoms with Gasteiger partial charge in [0.25, 0.3) is 0 Å².